The Hall–Kier alpha value is -4.20. The van der Waals surface area contributed by atoms with Crippen LogP contribution >= 0.6 is 0 Å². The molecule has 0 aliphatic heterocycles. The highest BCUT2D eigenvalue weighted by molar-refractivity contribution is 6.01. The molecule has 2 amide bonds. The van der Waals surface area contributed by atoms with Gasteiger partial charge in [-0.25, -0.2) is 0 Å². The lowest BCUT2D eigenvalue weighted by Crippen LogP contribution is -2.47. The van der Waals surface area contributed by atoms with Crippen LogP contribution in [-0.4, -0.2) is 39.2 Å². The van der Waals surface area contributed by atoms with E-state index in [9.17, 15) is 9.59 Å². The molecule has 0 fully saturated rings. The van der Waals surface area contributed by atoms with Gasteiger partial charge in [0.05, 0.1) is 21.3 Å². The lowest BCUT2D eigenvalue weighted by Gasteiger charge is -2.22. The molecule has 0 saturated carbocycles. The molecule has 2 N–H and O–H groups in total. The molecule has 3 rings (SSSR count). The molecular formula is C27H30N2O6. The zero-order valence-electron chi connectivity index (χ0n) is 20.5. The van der Waals surface area contributed by atoms with Crippen molar-refractivity contribution in [3.8, 4) is 28.7 Å². The van der Waals surface area contributed by atoms with E-state index in [1.165, 1.54) is 14.2 Å². The summed E-state index contributed by atoms with van der Waals surface area (Å²) in [5.41, 5.74) is 0.905. The predicted molar refractivity (Wildman–Crippen MR) is 134 cm³/mol. The maximum absolute atomic E-state index is 13.0. The van der Waals surface area contributed by atoms with Crippen molar-refractivity contribution < 1.29 is 28.5 Å². The molecular weight excluding hydrogens is 448 g/mol. The highest BCUT2D eigenvalue weighted by atomic mass is 16.5. The summed E-state index contributed by atoms with van der Waals surface area (Å²) < 4.78 is 21.6. The second-order valence-electron chi connectivity index (χ2n) is 8.06. The molecule has 8 nitrogen and oxygen atoms in total. The second kappa shape index (κ2) is 11.8. The number of hydrogen-bond donors (Lipinski definition) is 2. The molecule has 0 unspecified atom stereocenters. The van der Waals surface area contributed by atoms with E-state index in [1.807, 2.05) is 38.1 Å². The fraction of sp³-hybridized carbons (Fsp3) is 0.259. The summed E-state index contributed by atoms with van der Waals surface area (Å²) in [6, 6.07) is 18.4. The number of ether oxygens (including phenoxy) is 4. The number of para-hydroxylation sites is 2. The van der Waals surface area contributed by atoms with Gasteiger partial charge in [-0.05, 0) is 54.4 Å². The Morgan fingerprint density at radius 1 is 0.743 bits per heavy atom. The summed E-state index contributed by atoms with van der Waals surface area (Å²) >= 11 is 0. The quantitative estimate of drug-likeness (QED) is 0.431. The maximum Gasteiger partial charge on any atom is 0.252 e. The summed E-state index contributed by atoms with van der Waals surface area (Å²) in [7, 11) is 4.59. The van der Waals surface area contributed by atoms with E-state index in [4.69, 9.17) is 18.9 Å². The van der Waals surface area contributed by atoms with E-state index in [-0.39, 0.29) is 11.8 Å². The number of carbonyl (C=O) groups excluding carboxylic acids is 2. The van der Waals surface area contributed by atoms with Gasteiger partial charge in [-0.15, -0.1) is 0 Å². The summed E-state index contributed by atoms with van der Waals surface area (Å²) in [6.45, 7) is 3.72. The van der Waals surface area contributed by atoms with Gasteiger partial charge in [0.25, 0.3) is 5.91 Å². The van der Waals surface area contributed by atoms with Crippen LogP contribution in [-0.2, 0) is 4.79 Å². The van der Waals surface area contributed by atoms with Crippen LogP contribution in [0.15, 0.2) is 66.7 Å². The Morgan fingerprint density at radius 2 is 1.34 bits per heavy atom. The van der Waals surface area contributed by atoms with Crippen molar-refractivity contribution in [3.63, 3.8) is 0 Å². The van der Waals surface area contributed by atoms with Crippen LogP contribution in [0.4, 0.5) is 5.69 Å². The summed E-state index contributed by atoms with van der Waals surface area (Å²) in [6.07, 6.45) is 0. The average molecular weight is 479 g/mol. The highest BCUT2D eigenvalue weighted by Gasteiger charge is 2.25. The highest BCUT2D eigenvalue weighted by Crippen LogP contribution is 2.31. The predicted octanol–water partition coefficient (Wildman–Crippen LogP) is 4.90. The number of benzene rings is 3. The third-order valence-corrected chi connectivity index (χ3v) is 5.27. The Balaban J connectivity index is 1.68. The van der Waals surface area contributed by atoms with Gasteiger partial charge < -0.3 is 29.6 Å². The van der Waals surface area contributed by atoms with E-state index < -0.39 is 11.9 Å². The maximum atomic E-state index is 13.0. The van der Waals surface area contributed by atoms with Gasteiger partial charge in [0, 0.05) is 17.3 Å². The summed E-state index contributed by atoms with van der Waals surface area (Å²) in [5.74, 6) is 1.87. The monoisotopic (exact) mass is 478 g/mol. The molecule has 3 aromatic rings. The van der Waals surface area contributed by atoms with Crippen LogP contribution in [0, 0.1) is 5.92 Å². The van der Waals surface area contributed by atoms with Crippen LogP contribution in [0.5, 0.6) is 28.7 Å². The molecule has 184 valence electrons. The van der Waals surface area contributed by atoms with Gasteiger partial charge in [0.1, 0.15) is 23.3 Å². The van der Waals surface area contributed by atoms with Crippen molar-refractivity contribution in [1.29, 1.82) is 0 Å². The van der Waals surface area contributed by atoms with Gasteiger partial charge in [0.2, 0.25) is 5.91 Å². The van der Waals surface area contributed by atoms with Crippen LogP contribution in [0.25, 0.3) is 0 Å². The lowest BCUT2D eigenvalue weighted by molar-refractivity contribution is -0.118. The number of anilines is 1. The molecule has 8 heteroatoms. The van der Waals surface area contributed by atoms with Crippen LogP contribution in [0.2, 0.25) is 0 Å². The second-order valence-corrected chi connectivity index (χ2v) is 8.06. The third kappa shape index (κ3) is 6.66. The van der Waals surface area contributed by atoms with Crippen molar-refractivity contribution in [2.24, 2.45) is 5.92 Å². The minimum absolute atomic E-state index is 0.153. The van der Waals surface area contributed by atoms with Crippen molar-refractivity contribution in [1.82, 2.24) is 5.32 Å². The average Bonchev–Trinajstić information content (AvgIpc) is 2.87. The lowest BCUT2D eigenvalue weighted by atomic mass is 10.0. The van der Waals surface area contributed by atoms with E-state index in [2.05, 4.69) is 10.6 Å². The number of methoxy groups -OCH3 is 3. The first-order valence-corrected chi connectivity index (χ1v) is 11.1. The molecule has 0 saturated heterocycles. The molecule has 0 aliphatic carbocycles. The van der Waals surface area contributed by atoms with E-state index in [1.54, 1.807) is 49.6 Å². The number of nitrogens with one attached hydrogen (secondary N) is 2. The summed E-state index contributed by atoms with van der Waals surface area (Å²) in [4.78, 5) is 25.9. The minimum Gasteiger partial charge on any atom is -0.497 e. The minimum atomic E-state index is -0.760. The molecule has 0 bridgehead atoms. The van der Waals surface area contributed by atoms with Gasteiger partial charge in [0.15, 0.2) is 11.5 Å². The number of hydrogen-bond acceptors (Lipinski definition) is 6. The number of carbonyl (C=O) groups is 2. The fourth-order valence-electron chi connectivity index (χ4n) is 3.35. The van der Waals surface area contributed by atoms with E-state index in [0.717, 1.165) is 0 Å². The zero-order chi connectivity index (χ0) is 25.4. The van der Waals surface area contributed by atoms with Crippen LogP contribution in [0.1, 0.15) is 24.2 Å². The van der Waals surface area contributed by atoms with Crippen LogP contribution < -0.4 is 29.6 Å². The van der Waals surface area contributed by atoms with Gasteiger partial charge >= 0.3 is 0 Å². The van der Waals surface area contributed by atoms with E-state index in [0.29, 0.717) is 40.0 Å². The topological polar surface area (TPSA) is 95.1 Å². The standard InChI is InChI=1S/C27H30N2O6/c1-17(2)25(29-26(30)18-14-21(32-3)16-22(15-18)33-4)27(31)28-19-10-12-20(13-11-19)35-24-9-7-6-8-23(24)34-5/h6-17,25H,1-5H3,(H,28,31)(H,29,30)/t25-/m0/s1. The first-order chi connectivity index (χ1) is 16.8. The Labute approximate surface area is 205 Å². The molecule has 1 atom stereocenters. The molecule has 0 heterocycles. The van der Waals surface area contributed by atoms with Crippen molar-refractivity contribution in [3.05, 3.63) is 72.3 Å². The van der Waals surface area contributed by atoms with Gasteiger partial charge in [-0.2, -0.15) is 0 Å². The Bertz CT molecular complexity index is 1140. The smallest absolute Gasteiger partial charge is 0.252 e. The Kier molecular flexibility index (Phi) is 8.56. The van der Waals surface area contributed by atoms with Gasteiger partial charge in [-0.1, -0.05) is 26.0 Å². The fourth-order valence-corrected chi connectivity index (χ4v) is 3.35. The van der Waals surface area contributed by atoms with Gasteiger partial charge in [-0.3, -0.25) is 9.59 Å². The molecule has 0 aromatic heterocycles. The normalized spacial score (nSPS) is 11.4. The SMILES string of the molecule is COc1cc(OC)cc(C(=O)N[C@H](C(=O)Nc2ccc(Oc3ccccc3OC)cc2)C(C)C)c1. The van der Waals surface area contributed by atoms with Crippen molar-refractivity contribution in [2.75, 3.05) is 26.6 Å². The molecule has 3 aromatic carbocycles. The number of rotatable bonds is 10. The molecule has 0 aliphatic rings. The zero-order valence-corrected chi connectivity index (χ0v) is 20.5. The third-order valence-electron chi connectivity index (χ3n) is 5.27. The molecule has 0 radical (unpaired) electrons. The summed E-state index contributed by atoms with van der Waals surface area (Å²) in [5, 5.41) is 5.67. The molecule has 35 heavy (non-hydrogen) atoms. The number of amides is 2. The first kappa shape index (κ1) is 25.4. The largest absolute Gasteiger partial charge is 0.497 e. The first-order valence-electron chi connectivity index (χ1n) is 11.1. The van der Waals surface area contributed by atoms with Crippen LogP contribution in [0.3, 0.4) is 0 Å². The van der Waals surface area contributed by atoms with E-state index >= 15 is 0 Å². The Morgan fingerprint density at radius 3 is 1.89 bits per heavy atom. The van der Waals surface area contributed by atoms with Crippen molar-refractivity contribution in [2.45, 2.75) is 19.9 Å². The molecule has 0 spiro atoms. The van der Waals surface area contributed by atoms with Crippen molar-refractivity contribution >= 4 is 17.5 Å².